The maximum absolute atomic E-state index is 4.09. The number of fused-ring (bicyclic) bond motifs is 1. The second kappa shape index (κ2) is 6.12. The van der Waals surface area contributed by atoms with E-state index in [1.807, 2.05) is 0 Å². The molecule has 31 heavy (non-hydrogen) atoms. The first-order valence-corrected chi connectivity index (χ1v) is 10.9. The topological polar surface area (TPSA) is 0 Å². The van der Waals surface area contributed by atoms with Gasteiger partial charge in [-0.15, -0.1) is 6.07 Å². The molecule has 0 unspecified atom stereocenters. The third-order valence-corrected chi connectivity index (χ3v) is 7.14. The van der Waals surface area contributed by atoms with E-state index in [0.29, 0.717) is 5.92 Å². The highest BCUT2D eigenvalue weighted by atomic mass is 14.5. The van der Waals surface area contributed by atoms with E-state index in [0.717, 1.165) is 5.22 Å². The molecular formula is C31H20. The van der Waals surface area contributed by atoms with Crippen molar-refractivity contribution in [2.24, 2.45) is 0 Å². The number of allylic oxidation sites excluding steroid dienone is 2. The molecule has 0 fully saturated rings. The van der Waals surface area contributed by atoms with Crippen molar-refractivity contribution in [1.82, 2.24) is 0 Å². The molecule has 0 aromatic heterocycles. The number of hydrogen-bond acceptors (Lipinski definition) is 0. The molecule has 0 saturated carbocycles. The predicted octanol–water partition coefficient (Wildman–Crippen LogP) is 5.09. The Morgan fingerprint density at radius 1 is 0.645 bits per heavy atom. The zero-order valence-electron chi connectivity index (χ0n) is 17.0. The van der Waals surface area contributed by atoms with E-state index < -0.39 is 5.41 Å². The average Bonchev–Trinajstić information content (AvgIpc) is 2.85. The van der Waals surface area contributed by atoms with Gasteiger partial charge in [0, 0.05) is 42.0 Å². The monoisotopic (exact) mass is 392 g/mol. The van der Waals surface area contributed by atoms with Crippen LogP contribution in [0.3, 0.4) is 0 Å². The molecule has 0 N–H and O–H groups in total. The van der Waals surface area contributed by atoms with Crippen LogP contribution in [0.1, 0.15) is 44.9 Å². The molecule has 0 atom stereocenters. The van der Waals surface area contributed by atoms with Crippen LogP contribution in [0.5, 0.6) is 0 Å². The second-order valence-corrected chi connectivity index (χ2v) is 8.60. The molecule has 0 nitrogen and oxygen atoms in total. The highest BCUT2D eigenvalue weighted by Gasteiger charge is 2.48. The Bertz CT molecular complexity index is 1400. The largest absolute Gasteiger partial charge is 0.156 e. The molecule has 0 amide bonds. The first-order valence-electron chi connectivity index (χ1n) is 10.9. The van der Waals surface area contributed by atoms with Crippen LogP contribution in [0.4, 0.5) is 0 Å². The lowest BCUT2D eigenvalue weighted by Gasteiger charge is -2.51. The fraction of sp³-hybridized carbons (Fsp3) is 0.0645. The smallest absolute Gasteiger partial charge is 0.101 e. The van der Waals surface area contributed by atoms with Crippen molar-refractivity contribution in [2.45, 2.75) is 11.3 Å². The van der Waals surface area contributed by atoms with E-state index in [2.05, 4.69) is 122 Å². The third kappa shape index (κ3) is 2.12. The summed E-state index contributed by atoms with van der Waals surface area (Å²) in [6.07, 6.45) is 12.7. The van der Waals surface area contributed by atoms with Gasteiger partial charge >= 0.3 is 0 Å². The van der Waals surface area contributed by atoms with E-state index in [4.69, 9.17) is 0 Å². The zero-order chi connectivity index (χ0) is 20.4. The van der Waals surface area contributed by atoms with Crippen molar-refractivity contribution < 1.29 is 0 Å². The van der Waals surface area contributed by atoms with E-state index in [-0.39, 0.29) is 0 Å². The summed E-state index contributed by atoms with van der Waals surface area (Å²) in [6, 6.07) is 33.5. The molecule has 0 spiro atoms. The van der Waals surface area contributed by atoms with Gasteiger partial charge in [0.1, 0.15) is 5.56 Å². The van der Waals surface area contributed by atoms with Gasteiger partial charge in [0.15, 0.2) is 0 Å². The van der Waals surface area contributed by atoms with Crippen LogP contribution in [0, 0.1) is 6.42 Å². The maximum Gasteiger partial charge on any atom is 0.101 e. The lowest BCUT2D eigenvalue weighted by molar-refractivity contribution is 0.674. The quantitative estimate of drug-likeness (QED) is 0.396. The van der Waals surface area contributed by atoms with Gasteiger partial charge in [0.25, 0.3) is 0 Å². The fourth-order valence-corrected chi connectivity index (χ4v) is 5.95. The molecule has 0 radical (unpaired) electrons. The summed E-state index contributed by atoms with van der Waals surface area (Å²) in [4.78, 5) is 0. The highest BCUT2D eigenvalue weighted by Crippen LogP contribution is 2.59. The van der Waals surface area contributed by atoms with E-state index >= 15 is 0 Å². The summed E-state index contributed by atoms with van der Waals surface area (Å²) in [7, 11) is 0. The Morgan fingerprint density at radius 3 is 1.84 bits per heavy atom. The van der Waals surface area contributed by atoms with Crippen molar-refractivity contribution in [3.8, 4) is 0 Å². The molecule has 0 heteroatoms. The summed E-state index contributed by atoms with van der Waals surface area (Å²) in [5, 5.41) is 2.41. The van der Waals surface area contributed by atoms with Gasteiger partial charge < -0.3 is 0 Å². The minimum atomic E-state index is -0.414. The Labute approximate surface area is 182 Å². The first-order chi connectivity index (χ1) is 15.4. The second-order valence-electron chi connectivity index (χ2n) is 8.60. The van der Waals surface area contributed by atoms with E-state index in [1.54, 1.807) is 0 Å². The van der Waals surface area contributed by atoms with Crippen molar-refractivity contribution in [3.63, 3.8) is 0 Å². The zero-order valence-corrected chi connectivity index (χ0v) is 17.0. The van der Waals surface area contributed by atoms with Crippen molar-refractivity contribution in [2.75, 3.05) is 0 Å². The summed E-state index contributed by atoms with van der Waals surface area (Å²) in [6.45, 7) is 0. The van der Waals surface area contributed by atoms with Crippen LogP contribution in [0.25, 0.3) is 12.2 Å². The van der Waals surface area contributed by atoms with Gasteiger partial charge in [-0.25, -0.2) is 0 Å². The summed E-state index contributed by atoms with van der Waals surface area (Å²) in [5.74, 6) is 0.291. The molecule has 0 saturated heterocycles. The lowest BCUT2D eigenvalue weighted by atomic mass is 9.53. The van der Waals surface area contributed by atoms with Gasteiger partial charge in [0.2, 0.25) is 0 Å². The van der Waals surface area contributed by atoms with Crippen LogP contribution < -0.4 is 10.4 Å². The molecule has 8 rings (SSSR count). The van der Waals surface area contributed by atoms with Gasteiger partial charge in [-0.2, -0.15) is 6.08 Å². The summed E-state index contributed by atoms with van der Waals surface area (Å²) in [5.41, 5.74) is 9.17. The molecule has 2 bridgehead atoms. The Kier molecular flexibility index (Phi) is 3.35. The molecule has 0 aliphatic heterocycles. The molecule has 144 valence electrons. The Balaban J connectivity index is 1.70. The van der Waals surface area contributed by atoms with Gasteiger partial charge in [-0.3, -0.25) is 0 Å². The van der Waals surface area contributed by atoms with Gasteiger partial charge in [-0.05, 0) is 33.4 Å². The van der Waals surface area contributed by atoms with E-state index in [9.17, 15) is 0 Å². The molecule has 0 heterocycles. The highest BCUT2D eigenvalue weighted by molar-refractivity contribution is 5.79. The first kappa shape index (κ1) is 17.0. The van der Waals surface area contributed by atoms with Gasteiger partial charge in [0.05, 0.1) is 5.22 Å². The Hall–Kier alpha value is -3.77. The molecule has 4 aliphatic carbocycles. The van der Waals surface area contributed by atoms with Crippen molar-refractivity contribution in [1.29, 1.82) is 0 Å². The molecule has 4 aromatic rings. The average molecular weight is 393 g/mol. The van der Waals surface area contributed by atoms with Crippen molar-refractivity contribution >= 4 is 12.2 Å². The van der Waals surface area contributed by atoms with Crippen LogP contribution in [-0.2, 0) is 5.41 Å². The number of rotatable bonds is 1. The molecular weight excluding hydrogens is 372 g/mol. The predicted molar refractivity (Wildman–Crippen MR) is 126 cm³/mol. The normalized spacial score (nSPS) is 21.9. The fourth-order valence-electron chi connectivity index (χ4n) is 5.95. The maximum atomic E-state index is 4.09. The van der Waals surface area contributed by atoms with Crippen LogP contribution in [0.2, 0.25) is 0 Å². The van der Waals surface area contributed by atoms with Gasteiger partial charge in [-0.1, -0.05) is 84.1 Å². The number of benzene rings is 4. The summed E-state index contributed by atoms with van der Waals surface area (Å²) < 4.78 is 0. The number of hydrogen-bond donors (Lipinski definition) is 0. The van der Waals surface area contributed by atoms with E-state index in [1.165, 1.54) is 44.2 Å². The minimum absolute atomic E-state index is 0.291. The van der Waals surface area contributed by atoms with Crippen LogP contribution in [0.15, 0.2) is 103 Å². The van der Waals surface area contributed by atoms with Crippen LogP contribution in [-0.4, -0.2) is 0 Å². The summed E-state index contributed by atoms with van der Waals surface area (Å²) >= 11 is 0. The third-order valence-electron chi connectivity index (χ3n) is 7.14. The lowest BCUT2D eigenvalue weighted by Crippen LogP contribution is -2.43. The molecule has 4 aliphatic rings. The van der Waals surface area contributed by atoms with Crippen molar-refractivity contribution in [3.05, 3.63) is 159 Å². The minimum Gasteiger partial charge on any atom is -0.156 e. The Morgan fingerprint density at radius 2 is 1.23 bits per heavy atom. The SMILES string of the molecule is [C-](=c1cccc2c1=CC=C[CH+]2)C12c3ccccc3C(c3ccccc31)c1ccccc12. The van der Waals surface area contributed by atoms with Crippen LogP contribution >= 0.6 is 0 Å². The standard InChI is InChI=1S/C31H20/c1-2-13-23-21(10-1)11-9-12-22(23)20-31-27-17-6-3-14-24(27)30(25-15-4-7-18-28(25)31)26-16-5-8-19-29(26)31/h1-19,30H. The molecule has 4 aromatic carbocycles.